The molecular weight excluding hydrogens is 328 g/mol. The quantitative estimate of drug-likeness (QED) is 0.836. The molecule has 2 heterocycles. The van der Waals surface area contributed by atoms with Gasteiger partial charge >= 0.3 is 0 Å². The number of pyridine rings is 1. The Balaban J connectivity index is 1.75. The number of rotatable bonds is 6. The number of aromatic nitrogens is 1. The van der Waals surface area contributed by atoms with Crippen LogP contribution in [0.5, 0.6) is 0 Å². The molecule has 1 aliphatic rings. The number of hydrogen-bond donors (Lipinski definition) is 2. The third-order valence-electron chi connectivity index (χ3n) is 5.00. The van der Waals surface area contributed by atoms with E-state index in [-0.39, 0.29) is 12.5 Å². The van der Waals surface area contributed by atoms with Gasteiger partial charge in [0.2, 0.25) is 5.91 Å². The molecule has 1 unspecified atom stereocenters. The number of benzene rings is 1. The number of nitrogens with one attached hydrogen (secondary N) is 1. The van der Waals surface area contributed by atoms with Gasteiger partial charge in [-0.15, -0.1) is 0 Å². The van der Waals surface area contributed by atoms with E-state index in [4.69, 9.17) is 4.74 Å². The van der Waals surface area contributed by atoms with Gasteiger partial charge in [0.15, 0.2) is 0 Å². The Morgan fingerprint density at radius 1 is 1.15 bits per heavy atom. The number of carbonyl (C=O) groups is 1. The summed E-state index contributed by atoms with van der Waals surface area (Å²) in [6.07, 6.45) is 5.10. The topological polar surface area (TPSA) is 71.5 Å². The van der Waals surface area contributed by atoms with Crippen molar-refractivity contribution in [2.75, 3.05) is 19.8 Å². The van der Waals surface area contributed by atoms with Crippen molar-refractivity contribution in [3.63, 3.8) is 0 Å². The lowest BCUT2D eigenvalue weighted by Crippen LogP contribution is -2.47. The third kappa shape index (κ3) is 4.48. The van der Waals surface area contributed by atoms with Gasteiger partial charge < -0.3 is 15.2 Å². The van der Waals surface area contributed by atoms with E-state index in [2.05, 4.69) is 34.6 Å². The number of hydrogen-bond acceptors (Lipinski definition) is 4. The molecule has 0 aliphatic carbocycles. The van der Waals surface area contributed by atoms with Crippen LogP contribution in [-0.4, -0.2) is 41.9 Å². The molecule has 1 aromatic heterocycles. The van der Waals surface area contributed by atoms with Crippen LogP contribution in [0.3, 0.4) is 0 Å². The standard InChI is InChI=1S/C21H26N2O3/c1-16(24)15-23-20(25)21(8-12-26-13-9-21)14-17-2-4-18(5-3-17)19-6-10-22-11-7-19/h2-7,10-11,16,24H,8-9,12-15H2,1H3,(H,23,25). The summed E-state index contributed by atoms with van der Waals surface area (Å²) < 4.78 is 5.48. The van der Waals surface area contributed by atoms with Gasteiger partial charge in [-0.2, -0.15) is 0 Å². The van der Waals surface area contributed by atoms with E-state index in [0.717, 1.165) is 16.7 Å². The summed E-state index contributed by atoms with van der Waals surface area (Å²) in [5.74, 6) is 0.0138. The van der Waals surface area contributed by atoms with Gasteiger partial charge in [0.1, 0.15) is 0 Å². The number of aliphatic hydroxyl groups is 1. The highest BCUT2D eigenvalue weighted by molar-refractivity contribution is 5.83. The smallest absolute Gasteiger partial charge is 0.226 e. The molecule has 5 heteroatoms. The molecule has 26 heavy (non-hydrogen) atoms. The molecule has 1 aliphatic heterocycles. The summed E-state index contributed by atoms with van der Waals surface area (Å²) in [6, 6.07) is 12.3. The molecule has 1 atom stereocenters. The number of ether oxygens (including phenoxy) is 1. The first-order valence-electron chi connectivity index (χ1n) is 9.12. The van der Waals surface area contributed by atoms with Crippen LogP contribution in [0.2, 0.25) is 0 Å². The molecule has 1 aromatic carbocycles. The molecule has 1 saturated heterocycles. The highest BCUT2D eigenvalue weighted by Gasteiger charge is 2.40. The molecule has 2 N–H and O–H groups in total. The average molecular weight is 354 g/mol. The van der Waals surface area contributed by atoms with Crippen LogP contribution >= 0.6 is 0 Å². The monoisotopic (exact) mass is 354 g/mol. The zero-order valence-corrected chi connectivity index (χ0v) is 15.1. The van der Waals surface area contributed by atoms with Crippen LogP contribution < -0.4 is 5.32 Å². The summed E-state index contributed by atoms with van der Waals surface area (Å²) >= 11 is 0. The third-order valence-corrected chi connectivity index (χ3v) is 5.00. The summed E-state index contributed by atoms with van der Waals surface area (Å²) in [5, 5.41) is 12.4. The fourth-order valence-electron chi connectivity index (χ4n) is 3.42. The summed E-state index contributed by atoms with van der Waals surface area (Å²) in [5.41, 5.74) is 2.93. The molecule has 0 radical (unpaired) electrons. The van der Waals surface area contributed by atoms with Crippen LogP contribution in [0.25, 0.3) is 11.1 Å². The molecule has 3 rings (SSSR count). The number of carbonyl (C=O) groups excluding carboxylic acids is 1. The Hall–Kier alpha value is -2.24. The van der Waals surface area contributed by atoms with Gasteiger partial charge in [-0.25, -0.2) is 0 Å². The van der Waals surface area contributed by atoms with E-state index in [1.807, 2.05) is 12.1 Å². The van der Waals surface area contributed by atoms with Crippen LogP contribution in [0.1, 0.15) is 25.3 Å². The second kappa shape index (κ2) is 8.43. The normalized spacial score (nSPS) is 17.5. The predicted molar refractivity (Wildman–Crippen MR) is 101 cm³/mol. The van der Waals surface area contributed by atoms with Crippen molar-refractivity contribution in [1.82, 2.24) is 10.3 Å². The molecule has 0 saturated carbocycles. The number of nitrogens with zero attached hydrogens (tertiary/aromatic N) is 1. The van der Waals surface area contributed by atoms with E-state index >= 15 is 0 Å². The van der Waals surface area contributed by atoms with Crippen LogP contribution in [0.4, 0.5) is 0 Å². The Morgan fingerprint density at radius 3 is 2.38 bits per heavy atom. The Kier molecular flexibility index (Phi) is 6.01. The minimum Gasteiger partial charge on any atom is -0.392 e. The molecule has 138 valence electrons. The largest absolute Gasteiger partial charge is 0.392 e. The van der Waals surface area contributed by atoms with Crippen molar-refractivity contribution in [3.8, 4) is 11.1 Å². The molecule has 0 spiro atoms. The zero-order chi connectivity index (χ0) is 18.4. The van der Waals surface area contributed by atoms with Gasteiger partial charge in [0.25, 0.3) is 0 Å². The van der Waals surface area contributed by atoms with Crippen molar-refractivity contribution in [2.45, 2.75) is 32.3 Å². The van der Waals surface area contributed by atoms with E-state index in [1.54, 1.807) is 19.3 Å². The number of amides is 1. The average Bonchev–Trinajstić information content (AvgIpc) is 2.68. The van der Waals surface area contributed by atoms with Crippen LogP contribution in [-0.2, 0) is 16.0 Å². The molecule has 5 nitrogen and oxygen atoms in total. The van der Waals surface area contributed by atoms with Crippen molar-refractivity contribution in [3.05, 3.63) is 54.4 Å². The molecule has 0 bridgehead atoms. The fourth-order valence-corrected chi connectivity index (χ4v) is 3.42. The Labute approximate surface area is 154 Å². The van der Waals surface area contributed by atoms with E-state index < -0.39 is 11.5 Å². The lowest BCUT2D eigenvalue weighted by Gasteiger charge is -2.36. The summed E-state index contributed by atoms with van der Waals surface area (Å²) in [4.78, 5) is 16.9. The zero-order valence-electron chi connectivity index (χ0n) is 15.1. The second-order valence-electron chi connectivity index (χ2n) is 7.06. The van der Waals surface area contributed by atoms with Gasteiger partial charge in [-0.05, 0) is 55.0 Å². The van der Waals surface area contributed by atoms with E-state index in [0.29, 0.717) is 32.5 Å². The maximum Gasteiger partial charge on any atom is 0.226 e. The number of aliphatic hydroxyl groups excluding tert-OH is 1. The SMILES string of the molecule is CC(O)CNC(=O)C1(Cc2ccc(-c3ccncc3)cc2)CCOCC1. The van der Waals surface area contributed by atoms with Crippen LogP contribution in [0, 0.1) is 5.41 Å². The van der Waals surface area contributed by atoms with Crippen molar-refractivity contribution in [1.29, 1.82) is 0 Å². The summed E-state index contributed by atoms with van der Waals surface area (Å²) in [7, 11) is 0. The highest BCUT2D eigenvalue weighted by Crippen LogP contribution is 2.35. The molecule has 2 aromatic rings. The second-order valence-corrected chi connectivity index (χ2v) is 7.06. The van der Waals surface area contributed by atoms with E-state index in [9.17, 15) is 9.90 Å². The maximum absolute atomic E-state index is 12.8. The lowest BCUT2D eigenvalue weighted by atomic mass is 9.74. The lowest BCUT2D eigenvalue weighted by molar-refractivity contribution is -0.137. The Bertz CT molecular complexity index is 708. The van der Waals surface area contributed by atoms with E-state index in [1.165, 1.54) is 0 Å². The minimum atomic E-state index is -0.546. The van der Waals surface area contributed by atoms with Crippen molar-refractivity contribution >= 4 is 5.91 Å². The first kappa shape index (κ1) is 18.5. The van der Waals surface area contributed by atoms with Gasteiger partial charge in [0.05, 0.1) is 11.5 Å². The van der Waals surface area contributed by atoms with Gasteiger partial charge in [0, 0.05) is 32.2 Å². The maximum atomic E-state index is 12.8. The minimum absolute atomic E-state index is 0.0138. The van der Waals surface area contributed by atoms with Gasteiger partial charge in [-0.1, -0.05) is 24.3 Å². The van der Waals surface area contributed by atoms with Crippen molar-refractivity contribution in [2.24, 2.45) is 5.41 Å². The summed E-state index contributed by atoms with van der Waals surface area (Å²) in [6.45, 7) is 3.14. The van der Waals surface area contributed by atoms with Crippen LogP contribution in [0.15, 0.2) is 48.8 Å². The molecular formula is C21H26N2O3. The van der Waals surface area contributed by atoms with Crippen molar-refractivity contribution < 1.29 is 14.6 Å². The molecule has 1 amide bonds. The predicted octanol–water partition coefficient (Wildman–Crippen LogP) is 2.58. The van der Waals surface area contributed by atoms with Gasteiger partial charge in [-0.3, -0.25) is 9.78 Å². The molecule has 1 fully saturated rings. The fraction of sp³-hybridized carbons (Fsp3) is 0.429. The first-order valence-corrected chi connectivity index (χ1v) is 9.12. The first-order chi connectivity index (χ1) is 12.6. The Morgan fingerprint density at radius 2 is 1.77 bits per heavy atom. The highest BCUT2D eigenvalue weighted by atomic mass is 16.5.